The molecule has 1 aromatic carbocycles. The SMILES string of the molecule is CC(=O)NN1c2ccccc2CC1C. The van der Waals surface area contributed by atoms with Gasteiger partial charge in [-0.15, -0.1) is 0 Å². The fraction of sp³-hybridized carbons (Fsp3) is 0.364. The highest BCUT2D eigenvalue weighted by molar-refractivity contribution is 5.76. The number of amides is 1. The Kier molecular flexibility index (Phi) is 2.15. The van der Waals surface area contributed by atoms with Crippen LogP contribution < -0.4 is 10.4 Å². The van der Waals surface area contributed by atoms with Crippen LogP contribution in [0.1, 0.15) is 19.4 Å². The van der Waals surface area contributed by atoms with Crippen molar-refractivity contribution >= 4 is 11.6 Å². The van der Waals surface area contributed by atoms with Gasteiger partial charge in [-0.05, 0) is 25.0 Å². The summed E-state index contributed by atoms with van der Waals surface area (Å²) >= 11 is 0. The molecule has 2 rings (SSSR count). The summed E-state index contributed by atoms with van der Waals surface area (Å²) in [5.74, 6) is -0.0199. The monoisotopic (exact) mass is 190 g/mol. The first-order valence-corrected chi connectivity index (χ1v) is 4.83. The van der Waals surface area contributed by atoms with Gasteiger partial charge in [0.1, 0.15) is 0 Å². The van der Waals surface area contributed by atoms with Crippen molar-refractivity contribution in [3.63, 3.8) is 0 Å². The topological polar surface area (TPSA) is 32.3 Å². The van der Waals surface area contributed by atoms with Crippen molar-refractivity contribution < 1.29 is 4.79 Å². The molecule has 1 unspecified atom stereocenters. The molecular weight excluding hydrogens is 176 g/mol. The molecule has 1 aromatic rings. The molecule has 0 radical (unpaired) electrons. The van der Waals surface area contributed by atoms with Gasteiger partial charge >= 0.3 is 0 Å². The Morgan fingerprint density at radius 3 is 2.93 bits per heavy atom. The summed E-state index contributed by atoms with van der Waals surface area (Å²) in [4.78, 5) is 11.0. The first kappa shape index (κ1) is 9.06. The highest BCUT2D eigenvalue weighted by Crippen LogP contribution is 2.29. The lowest BCUT2D eigenvalue weighted by Crippen LogP contribution is -2.44. The summed E-state index contributed by atoms with van der Waals surface area (Å²) in [6, 6.07) is 8.51. The van der Waals surface area contributed by atoms with E-state index in [0.29, 0.717) is 6.04 Å². The molecule has 0 aromatic heterocycles. The van der Waals surface area contributed by atoms with Crippen molar-refractivity contribution in [2.45, 2.75) is 26.3 Å². The van der Waals surface area contributed by atoms with Gasteiger partial charge in [0, 0.05) is 6.92 Å². The molecule has 14 heavy (non-hydrogen) atoms. The van der Waals surface area contributed by atoms with Gasteiger partial charge in [-0.25, -0.2) is 0 Å². The third-order valence-corrected chi connectivity index (χ3v) is 2.49. The fourth-order valence-corrected chi connectivity index (χ4v) is 1.91. The van der Waals surface area contributed by atoms with Crippen molar-refractivity contribution in [3.05, 3.63) is 29.8 Å². The van der Waals surface area contributed by atoms with E-state index in [2.05, 4.69) is 18.4 Å². The second-order valence-electron chi connectivity index (χ2n) is 3.72. The number of anilines is 1. The molecule has 1 aliphatic heterocycles. The Balaban J connectivity index is 2.30. The summed E-state index contributed by atoms with van der Waals surface area (Å²) in [6.45, 7) is 3.64. The van der Waals surface area contributed by atoms with Crippen molar-refractivity contribution in [2.75, 3.05) is 5.01 Å². The number of hydrogen-bond donors (Lipinski definition) is 1. The van der Waals surface area contributed by atoms with E-state index < -0.39 is 0 Å². The highest BCUT2D eigenvalue weighted by atomic mass is 16.2. The van der Waals surface area contributed by atoms with Crippen LogP contribution in [-0.4, -0.2) is 11.9 Å². The van der Waals surface area contributed by atoms with E-state index in [1.165, 1.54) is 12.5 Å². The number of para-hydroxylation sites is 1. The van der Waals surface area contributed by atoms with E-state index in [0.717, 1.165) is 12.1 Å². The van der Waals surface area contributed by atoms with Gasteiger partial charge in [-0.1, -0.05) is 18.2 Å². The molecule has 1 heterocycles. The number of fused-ring (bicyclic) bond motifs is 1. The minimum Gasteiger partial charge on any atom is -0.282 e. The normalized spacial score (nSPS) is 19.3. The third kappa shape index (κ3) is 1.45. The molecule has 0 aliphatic carbocycles. The van der Waals surface area contributed by atoms with Crippen LogP contribution in [0.5, 0.6) is 0 Å². The van der Waals surface area contributed by atoms with Crippen molar-refractivity contribution in [2.24, 2.45) is 0 Å². The first-order chi connectivity index (χ1) is 6.68. The molecule has 0 saturated carbocycles. The van der Waals surface area contributed by atoms with E-state index in [1.54, 1.807) is 0 Å². The van der Waals surface area contributed by atoms with Gasteiger partial charge in [-0.3, -0.25) is 15.2 Å². The Labute approximate surface area is 83.7 Å². The fourth-order valence-electron chi connectivity index (χ4n) is 1.91. The Morgan fingerprint density at radius 2 is 2.21 bits per heavy atom. The van der Waals surface area contributed by atoms with Gasteiger partial charge in [-0.2, -0.15) is 0 Å². The molecule has 0 bridgehead atoms. The second-order valence-corrected chi connectivity index (χ2v) is 3.72. The van der Waals surface area contributed by atoms with Crippen molar-refractivity contribution in [1.29, 1.82) is 0 Å². The quantitative estimate of drug-likeness (QED) is 0.727. The van der Waals surface area contributed by atoms with Crippen LogP contribution in [0.25, 0.3) is 0 Å². The van der Waals surface area contributed by atoms with Crippen LogP contribution in [-0.2, 0) is 11.2 Å². The predicted octanol–water partition coefficient (Wildman–Crippen LogP) is 1.49. The van der Waals surface area contributed by atoms with E-state index in [1.807, 2.05) is 23.2 Å². The summed E-state index contributed by atoms with van der Waals surface area (Å²) in [7, 11) is 0. The molecule has 1 N–H and O–H groups in total. The van der Waals surface area contributed by atoms with Crippen LogP contribution in [0.4, 0.5) is 5.69 Å². The van der Waals surface area contributed by atoms with E-state index in [9.17, 15) is 4.79 Å². The predicted molar refractivity (Wildman–Crippen MR) is 55.9 cm³/mol. The lowest BCUT2D eigenvalue weighted by Gasteiger charge is -2.24. The largest absolute Gasteiger partial charge is 0.282 e. The van der Waals surface area contributed by atoms with Crippen LogP contribution >= 0.6 is 0 Å². The summed E-state index contributed by atoms with van der Waals surface area (Å²) < 4.78 is 0. The second kappa shape index (κ2) is 3.33. The van der Waals surface area contributed by atoms with Gasteiger partial charge in [0.05, 0.1) is 11.7 Å². The number of hydrazine groups is 1. The van der Waals surface area contributed by atoms with Gasteiger partial charge in [0.25, 0.3) is 0 Å². The Hall–Kier alpha value is -1.51. The standard InChI is InChI=1S/C11H14N2O/c1-8-7-10-5-3-4-6-11(10)13(8)12-9(2)14/h3-6,8H,7H2,1-2H3,(H,12,14). The average Bonchev–Trinajstić information content (AvgIpc) is 2.43. The van der Waals surface area contributed by atoms with E-state index in [4.69, 9.17) is 0 Å². The molecule has 0 fully saturated rings. The van der Waals surface area contributed by atoms with E-state index in [-0.39, 0.29) is 5.91 Å². The number of carbonyl (C=O) groups is 1. The van der Waals surface area contributed by atoms with Crippen molar-refractivity contribution in [3.8, 4) is 0 Å². The molecular formula is C11H14N2O. The highest BCUT2D eigenvalue weighted by Gasteiger charge is 2.25. The lowest BCUT2D eigenvalue weighted by molar-refractivity contribution is -0.119. The average molecular weight is 190 g/mol. The van der Waals surface area contributed by atoms with Crippen LogP contribution in [0.2, 0.25) is 0 Å². The van der Waals surface area contributed by atoms with Gasteiger partial charge < -0.3 is 0 Å². The smallest absolute Gasteiger partial charge is 0.235 e. The molecule has 74 valence electrons. The maximum Gasteiger partial charge on any atom is 0.235 e. The third-order valence-electron chi connectivity index (χ3n) is 2.49. The summed E-state index contributed by atoms with van der Waals surface area (Å²) in [5.41, 5.74) is 5.26. The molecule has 3 heteroatoms. The summed E-state index contributed by atoms with van der Waals surface area (Å²) in [6.07, 6.45) is 0.996. The number of nitrogens with one attached hydrogen (secondary N) is 1. The van der Waals surface area contributed by atoms with Crippen LogP contribution in [0.3, 0.4) is 0 Å². The maximum absolute atomic E-state index is 11.0. The van der Waals surface area contributed by atoms with Gasteiger partial charge in [0.2, 0.25) is 5.91 Å². The number of nitrogens with zero attached hydrogens (tertiary/aromatic N) is 1. The molecule has 0 saturated heterocycles. The number of rotatable bonds is 1. The maximum atomic E-state index is 11.0. The zero-order chi connectivity index (χ0) is 10.1. The van der Waals surface area contributed by atoms with Crippen molar-refractivity contribution in [1.82, 2.24) is 5.43 Å². The van der Waals surface area contributed by atoms with Gasteiger partial charge in [0.15, 0.2) is 0 Å². The van der Waals surface area contributed by atoms with Crippen LogP contribution in [0, 0.1) is 0 Å². The first-order valence-electron chi connectivity index (χ1n) is 4.83. The molecule has 0 spiro atoms. The minimum atomic E-state index is -0.0199. The lowest BCUT2D eigenvalue weighted by atomic mass is 10.1. The Bertz CT molecular complexity index is 362. The molecule has 1 amide bonds. The number of benzene rings is 1. The van der Waals surface area contributed by atoms with Crippen LogP contribution in [0.15, 0.2) is 24.3 Å². The molecule has 3 nitrogen and oxygen atoms in total. The van der Waals surface area contributed by atoms with E-state index >= 15 is 0 Å². The summed E-state index contributed by atoms with van der Waals surface area (Å²) in [5, 5.41) is 1.94. The zero-order valence-electron chi connectivity index (χ0n) is 8.45. The Morgan fingerprint density at radius 1 is 1.50 bits per heavy atom. The number of carbonyl (C=O) groups excluding carboxylic acids is 1. The molecule has 1 aliphatic rings. The molecule has 1 atom stereocenters. The zero-order valence-corrected chi connectivity index (χ0v) is 8.45. The number of hydrogen-bond acceptors (Lipinski definition) is 2. The minimum absolute atomic E-state index is 0.0199.